The molecular formula is C9H6AlNO2. The minimum atomic E-state index is 0.0311. The topological polar surface area (TPSA) is 43.1 Å². The van der Waals surface area contributed by atoms with E-state index in [0.717, 1.165) is 5.52 Å². The third-order valence-corrected chi connectivity index (χ3v) is 2.06. The van der Waals surface area contributed by atoms with Gasteiger partial charge in [0, 0.05) is 5.56 Å². The molecule has 3 nitrogen and oxygen atoms in total. The fourth-order valence-corrected chi connectivity index (χ4v) is 1.43. The van der Waals surface area contributed by atoms with Gasteiger partial charge in [-0.2, -0.15) is 0 Å². The minimum absolute atomic E-state index is 0.0311. The maximum Gasteiger partial charge on any atom is 0.277 e. The highest BCUT2D eigenvalue weighted by Crippen LogP contribution is 2.13. The molecule has 0 aliphatic carbocycles. The number of hydrogen-bond donors (Lipinski definition) is 0. The van der Waals surface area contributed by atoms with Gasteiger partial charge in [-0.05, 0) is 25.1 Å². The van der Waals surface area contributed by atoms with Crippen molar-refractivity contribution in [1.82, 2.24) is 4.98 Å². The van der Waals surface area contributed by atoms with E-state index in [9.17, 15) is 4.79 Å². The van der Waals surface area contributed by atoms with Crippen LogP contribution in [-0.4, -0.2) is 27.1 Å². The molecule has 0 atom stereocenters. The summed E-state index contributed by atoms with van der Waals surface area (Å²) in [6, 6.07) is 5.23. The van der Waals surface area contributed by atoms with Crippen LogP contribution in [0.15, 0.2) is 22.6 Å². The van der Waals surface area contributed by atoms with Gasteiger partial charge in [0.05, 0.1) is 4.75 Å². The summed E-state index contributed by atoms with van der Waals surface area (Å²) in [7, 11) is 0. The van der Waals surface area contributed by atoms with E-state index in [1.54, 1.807) is 18.2 Å². The molecule has 4 heteroatoms. The number of fused-ring (bicyclic) bond motifs is 1. The summed E-state index contributed by atoms with van der Waals surface area (Å²) < 4.78 is 5.80. The number of hydrogen-bond acceptors (Lipinski definition) is 3. The number of aromatic nitrogens is 1. The van der Waals surface area contributed by atoms with Crippen molar-refractivity contribution in [2.24, 2.45) is 0 Å². The van der Waals surface area contributed by atoms with Crippen LogP contribution >= 0.6 is 0 Å². The van der Waals surface area contributed by atoms with Crippen LogP contribution in [0.5, 0.6) is 0 Å². The van der Waals surface area contributed by atoms with E-state index in [0.29, 0.717) is 15.9 Å². The maximum atomic E-state index is 11.0. The van der Waals surface area contributed by atoms with Crippen molar-refractivity contribution in [3.63, 3.8) is 0 Å². The van der Waals surface area contributed by atoms with Crippen molar-refractivity contribution in [1.29, 1.82) is 0 Å². The SMILES string of the molecule is CC(=O)c1ccc2n[c]([Al])oc2c1. The molecular weight excluding hydrogens is 181 g/mol. The summed E-state index contributed by atoms with van der Waals surface area (Å²) in [6.07, 6.45) is 0. The van der Waals surface area contributed by atoms with Crippen molar-refractivity contribution >= 4 is 37.9 Å². The third-order valence-electron chi connectivity index (χ3n) is 1.81. The summed E-state index contributed by atoms with van der Waals surface area (Å²) in [5, 5.41) is 0. The molecule has 2 rings (SSSR count). The van der Waals surface area contributed by atoms with Crippen LogP contribution in [0.25, 0.3) is 11.1 Å². The van der Waals surface area contributed by atoms with E-state index in [1.165, 1.54) is 6.92 Å². The zero-order valence-corrected chi connectivity index (χ0v) is 8.23. The first-order valence-electron chi connectivity index (χ1n) is 3.84. The number of rotatable bonds is 1. The predicted octanol–water partition coefficient (Wildman–Crippen LogP) is 0.824. The molecule has 2 aromatic rings. The second kappa shape index (κ2) is 2.99. The zero-order chi connectivity index (χ0) is 9.42. The van der Waals surface area contributed by atoms with E-state index >= 15 is 0 Å². The van der Waals surface area contributed by atoms with E-state index in [2.05, 4.69) is 21.3 Å². The lowest BCUT2D eigenvalue weighted by molar-refractivity contribution is 0.101. The smallest absolute Gasteiger partial charge is 0.277 e. The molecule has 0 aliphatic heterocycles. The molecule has 0 unspecified atom stereocenters. The Morgan fingerprint density at radius 3 is 3.00 bits per heavy atom. The molecule has 0 N–H and O–H groups in total. The largest absolute Gasteiger partial charge is 0.463 e. The molecule has 1 aromatic carbocycles. The molecule has 62 valence electrons. The number of nitrogens with zero attached hydrogens (tertiary/aromatic N) is 1. The number of oxazole rings is 1. The highest BCUT2D eigenvalue weighted by atomic mass is 27.0. The van der Waals surface area contributed by atoms with Crippen molar-refractivity contribution < 1.29 is 9.21 Å². The molecule has 0 saturated heterocycles. The molecule has 0 bridgehead atoms. The second-order valence-corrected chi connectivity index (χ2v) is 3.28. The monoisotopic (exact) mass is 187 g/mol. The van der Waals surface area contributed by atoms with Gasteiger partial charge < -0.3 is 4.42 Å². The van der Waals surface area contributed by atoms with Gasteiger partial charge in [0.25, 0.3) is 16.3 Å². The van der Waals surface area contributed by atoms with Crippen LogP contribution in [0.3, 0.4) is 0 Å². The van der Waals surface area contributed by atoms with Gasteiger partial charge in [-0.25, -0.2) is 4.98 Å². The number of ketones is 1. The zero-order valence-electron chi connectivity index (χ0n) is 7.07. The molecule has 0 amide bonds. The Hall–Kier alpha value is -1.11. The lowest BCUT2D eigenvalue weighted by Crippen LogP contribution is -1.99. The van der Waals surface area contributed by atoms with Crippen LogP contribution < -0.4 is 4.75 Å². The van der Waals surface area contributed by atoms with E-state index in [4.69, 9.17) is 4.42 Å². The molecule has 13 heavy (non-hydrogen) atoms. The Morgan fingerprint density at radius 1 is 1.54 bits per heavy atom. The standard InChI is InChI=1S/C9H6NO2.Al/c1-6(11)7-2-3-8-9(4-7)12-5-10-8;/h2-4H,1H3;. The molecule has 0 spiro atoms. The normalized spacial score (nSPS) is 10.5. The van der Waals surface area contributed by atoms with Crippen LogP contribution in [-0.2, 0) is 0 Å². The van der Waals surface area contributed by atoms with Crippen molar-refractivity contribution in [2.45, 2.75) is 6.92 Å². The highest BCUT2D eigenvalue weighted by Gasteiger charge is 2.04. The van der Waals surface area contributed by atoms with Crippen molar-refractivity contribution in [3.05, 3.63) is 23.8 Å². The molecule has 2 radical (unpaired) electrons. The Bertz CT molecular complexity index is 475. The molecule has 0 fully saturated rings. The number of carbonyl (C=O) groups excluding carboxylic acids is 1. The fourth-order valence-electron chi connectivity index (χ4n) is 1.16. The Labute approximate surface area is 83.2 Å². The number of carbonyl (C=O) groups is 1. The lowest BCUT2D eigenvalue weighted by Gasteiger charge is -1.92. The summed E-state index contributed by atoms with van der Waals surface area (Å²) in [4.78, 5) is 15.1. The third kappa shape index (κ3) is 1.51. The van der Waals surface area contributed by atoms with Gasteiger partial charge in [0.1, 0.15) is 5.52 Å². The predicted molar refractivity (Wildman–Crippen MR) is 49.4 cm³/mol. The summed E-state index contributed by atoms with van der Waals surface area (Å²) in [5.41, 5.74) is 2.07. The van der Waals surface area contributed by atoms with Crippen molar-refractivity contribution in [2.75, 3.05) is 0 Å². The van der Waals surface area contributed by atoms with Gasteiger partial charge in [-0.1, -0.05) is 0 Å². The highest BCUT2D eigenvalue weighted by molar-refractivity contribution is 6.28. The molecule has 1 heterocycles. The van der Waals surface area contributed by atoms with Gasteiger partial charge >= 0.3 is 0 Å². The van der Waals surface area contributed by atoms with E-state index in [1.807, 2.05) is 0 Å². The van der Waals surface area contributed by atoms with Crippen molar-refractivity contribution in [3.8, 4) is 0 Å². The Kier molecular flexibility index (Phi) is 1.95. The van der Waals surface area contributed by atoms with Gasteiger partial charge in [-0.3, -0.25) is 4.79 Å². The fraction of sp³-hybridized carbons (Fsp3) is 0.111. The number of benzene rings is 1. The summed E-state index contributed by atoms with van der Waals surface area (Å²) >= 11 is 2.38. The number of Topliss-reactive ketones (excluding diaryl/α,β-unsaturated/α-hetero) is 1. The summed E-state index contributed by atoms with van der Waals surface area (Å²) in [5.74, 6) is 0.0311. The maximum absolute atomic E-state index is 11.0. The van der Waals surface area contributed by atoms with Gasteiger partial charge in [0.15, 0.2) is 11.4 Å². The first kappa shape index (κ1) is 8.49. The quantitative estimate of drug-likeness (QED) is 0.490. The molecule has 1 aromatic heterocycles. The first-order chi connectivity index (χ1) is 6.16. The van der Waals surface area contributed by atoms with Crippen LogP contribution in [0.4, 0.5) is 0 Å². The molecule has 0 aliphatic rings. The van der Waals surface area contributed by atoms with Crippen LogP contribution in [0.2, 0.25) is 0 Å². The van der Waals surface area contributed by atoms with Gasteiger partial charge in [-0.15, -0.1) is 0 Å². The van der Waals surface area contributed by atoms with Crippen LogP contribution in [0, 0.1) is 0 Å². The minimum Gasteiger partial charge on any atom is -0.463 e. The summed E-state index contributed by atoms with van der Waals surface area (Å²) in [6.45, 7) is 1.53. The van der Waals surface area contributed by atoms with E-state index < -0.39 is 0 Å². The first-order valence-corrected chi connectivity index (χ1v) is 4.41. The van der Waals surface area contributed by atoms with Crippen LogP contribution in [0.1, 0.15) is 17.3 Å². The van der Waals surface area contributed by atoms with Gasteiger partial charge in [0.2, 0.25) is 0 Å². The molecule has 0 saturated carbocycles. The lowest BCUT2D eigenvalue weighted by atomic mass is 10.1. The average molecular weight is 187 g/mol. The average Bonchev–Trinajstić information content (AvgIpc) is 2.42. The Balaban J connectivity index is 2.67. The van der Waals surface area contributed by atoms with E-state index in [-0.39, 0.29) is 5.78 Å². The second-order valence-electron chi connectivity index (χ2n) is 2.79. The Morgan fingerprint density at radius 2 is 2.31 bits per heavy atom.